The smallest absolute Gasteiger partial charge is 0.254 e. The van der Waals surface area contributed by atoms with Crippen LogP contribution in [0.3, 0.4) is 0 Å². The van der Waals surface area contributed by atoms with Crippen LogP contribution in [-0.4, -0.2) is 43.2 Å². The Labute approximate surface area is 133 Å². The van der Waals surface area contributed by atoms with Crippen LogP contribution < -0.4 is 5.32 Å². The monoisotopic (exact) mass is 351 g/mol. The molecule has 1 amide bonds. The van der Waals surface area contributed by atoms with Gasteiger partial charge in [-0.1, -0.05) is 22.9 Å². The number of piperidine rings is 1. The fraction of sp³-hybridized carbons (Fsp3) is 0.667. The minimum Gasteiger partial charge on any atom is -0.356 e. The molecule has 1 N–H and O–H groups in total. The van der Waals surface area contributed by atoms with Crippen LogP contribution >= 0.6 is 22.9 Å². The highest BCUT2D eigenvalue weighted by molar-refractivity contribution is 7.91. The van der Waals surface area contributed by atoms with Crippen LogP contribution in [0.25, 0.3) is 0 Å². The predicted octanol–water partition coefficient (Wildman–Crippen LogP) is 1.64. The number of carbonyl (C=O) groups excluding carboxylic acids is 1. The van der Waals surface area contributed by atoms with E-state index in [0.29, 0.717) is 38.2 Å². The molecule has 1 aromatic heterocycles. The van der Waals surface area contributed by atoms with E-state index in [2.05, 4.69) is 10.3 Å². The van der Waals surface area contributed by atoms with Crippen molar-refractivity contribution in [1.82, 2.24) is 14.6 Å². The Bertz CT molecular complexity index is 622. The molecule has 1 aliphatic heterocycles. The van der Waals surface area contributed by atoms with Gasteiger partial charge in [-0.15, -0.1) is 0 Å². The lowest BCUT2D eigenvalue weighted by atomic mass is 9.97. The Morgan fingerprint density at radius 2 is 2.10 bits per heavy atom. The number of sulfonamides is 1. The molecule has 2 rings (SSSR count). The number of halogens is 1. The van der Waals surface area contributed by atoms with Gasteiger partial charge >= 0.3 is 0 Å². The van der Waals surface area contributed by atoms with Crippen molar-refractivity contribution in [2.24, 2.45) is 5.92 Å². The van der Waals surface area contributed by atoms with Crippen molar-refractivity contribution < 1.29 is 13.2 Å². The van der Waals surface area contributed by atoms with E-state index < -0.39 is 10.0 Å². The first-order valence-electron chi connectivity index (χ1n) is 6.77. The Morgan fingerprint density at radius 3 is 2.57 bits per heavy atom. The van der Waals surface area contributed by atoms with Crippen molar-refractivity contribution in [3.05, 3.63) is 10.2 Å². The second-order valence-corrected chi connectivity index (χ2v) is 8.63. The van der Waals surface area contributed by atoms with Crippen molar-refractivity contribution in [2.45, 2.75) is 30.9 Å². The summed E-state index contributed by atoms with van der Waals surface area (Å²) in [5.74, 6) is -0.103. The predicted molar refractivity (Wildman–Crippen MR) is 82.0 cm³/mol. The van der Waals surface area contributed by atoms with Gasteiger partial charge in [-0.25, -0.2) is 13.4 Å². The summed E-state index contributed by atoms with van der Waals surface area (Å²) in [5, 5.41) is 2.78. The largest absolute Gasteiger partial charge is 0.356 e. The Hall–Kier alpha value is -0.700. The molecule has 21 heavy (non-hydrogen) atoms. The molecular formula is C12H18ClN3O3S2. The Morgan fingerprint density at radius 1 is 1.48 bits per heavy atom. The molecule has 6 nitrogen and oxygen atoms in total. The number of amides is 1. The summed E-state index contributed by atoms with van der Waals surface area (Å²) in [6, 6.07) is 0. The average molecular weight is 352 g/mol. The maximum absolute atomic E-state index is 12.6. The van der Waals surface area contributed by atoms with Gasteiger partial charge in [0, 0.05) is 25.6 Å². The van der Waals surface area contributed by atoms with Gasteiger partial charge in [-0.3, -0.25) is 4.79 Å². The first-order chi connectivity index (χ1) is 9.86. The number of aryl methyl sites for hydroxylation is 1. The van der Waals surface area contributed by atoms with Crippen molar-refractivity contribution in [2.75, 3.05) is 19.6 Å². The maximum Gasteiger partial charge on any atom is 0.254 e. The highest BCUT2D eigenvalue weighted by Gasteiger charge is 2.34. The molecule has 118 valence electrons. The Balaban J connectivity index is 2.08. The lowest BCUT2D eigenvalue weighted by molar-refractivity contribution is -0.126. The summed E-state index contributed by atoms with van der Waals surface area (Å²) in [5.41, 5.74) is 0.427. The molecule has 0 unspecified atom stereocenters. The SMILES string of the molecule is CCNC(=O)C1CCN(S(=O)(=O)c2sc(Cl)nc2C)CC1. The van der Waals surface area contributed by atoms with E-state index in [0.717, 1.165) is 11.3 Å². The zero-order chi connectivity index (χ0) is 15.6. The summed E-state index contributed by atoms with van der Waals surface area (Å²) in [7, 11) is -3.56. The van der Waals surface area contributed by atoms with Crippen LogP contribution in [0.15, 0.2) is 4.21 Å². The van der Waals surface area contributed by atoms with Crippen LogP contribution in [-0.2, 0) is 14.8 Å². The summed E-state index contributed by atoms with van der Waals surface area (Å²) in [4.78, 5) is 15.7. The van der Waals surface area contributed by atoms with Crippen molar-refractivity contribution >= 4 is 38.9 Å². The number of nitrogens with one attached hydrogen (secondary N) is 1. The van der Waals surface area contributed by atoms with Crippen molar-refractivity contribution in [3.8, 4) is 0 Å². The van der Waals surface area contributed by atoms with Gasteiger partial charge in [0.05, 0.1) is 5.69 Å². The first kappa shape index (κ1) is 16.7. The lowest BCUT2D eigenvalue weighted by Gasteiger charge is -2.30. The van der Waals surface area contributed by atoms with E-state index >= 15 is 0 Å². The summed E-state index contributed by atoms with van der Waals surface area (Å²) in [6.07, 6.45) is 1.08. The highest BCUT2D eigenvalue weighted by atomic mass is 35.5. The molecule has 1 saturated heterocycles. The van der Waals surface area contributed by atoms with E-state index in [1.807, 2.05) is 6.92 Å². The van der Waals surface area contributed by atoms with Gasteiger partial charge in [-0.2, -0.15) is 4.31 Å². The van der Waals surface area contributed by atoms with Gasteiger partial charge in [0.15, 0.2) is 8.68 Å². The quantitative estimate of drug-likeness (QED) is 0.894. The van der Waals surface area contributed by atoms with E-state index in [-0.39, 0.29) is 20.5 Å². The summed E-state index contributed by atoms with van der Waals surface area (Å²) >= 11 is 6.76. The van der Waals surface area contributed by atoms with Gasteiger partial charge in [0.2, 0.25) is 5.91 Å². The molecule has 1 aliphatic rings. The summed E-state index contributed by atoms with van der Waals surface area (Å²) in [6.45, 7) is 4.79. The fourth-order valence-electron chi connectivity index (χ4n) is 2.38. The zero-order valence-corrected chi connectivity index (χ0v) is 14.3. The van der Waals surface area contributed by atoms with E-state index in [9.17, 15) is 13.2 Å². The number of aromatic nitrogens is 1. The molecule has 0 atom stereocenters. The van der Waals surface area contributed by atoms with Crippen LogP contribution in [0.4, 0.5) is 0 Å². The molecule has 0 aromatic carbocycles. The second kappa shape index (κ2) is 6.60. The normalized spacial score (nSPS) is 17.9. The molecule has 2 heterocycles. The van der Waals surface area contributed by atoms with Crippen molar-refractivity contribution in [1.29, 1.82) is 0 Å². The lowest BCUT2D eigenvalue weighted by Crippen LogP contribution is -2.42. The Kier molecular flexibility index (Phi) is 5.24. The number of hydrogen-bond acceptors (Lipinski definition) is 5. The van der Waals surface area contributed by atoms with E-state index in [4.69, 9.17) is 11.6 Å². The first-order valence-corrected chi connectivity index (χ1v) is 9.40. The number of thiazole rings is 1. The van der Waals surface area contributed by atoms with Gasteiger partial charge < -0.3 is 5.32 Å². The third-order valence-corrected chi connectivity index (χ3v) is 7.23. The van der Waals surface area contributed by atoms with Crippen molar-refractivity contribution in [3.63, 3.8) is 0 Å². The molecule has 0 aliphatic carbocycles. The van der Waals surface area contributed by atoms with Crippen LogP contribution in [0.2, 0.25) is 4.47 Å². The van der Waals surface area contributed by atoms with E-state index in [1.165, 1.54) is 4.31 Å². The molecule has 0 spiro atoms. The summed E-state index contributed by atoms with van der Waals surface area (Å²) < 4.78 is 27.0. The average Bonchev–Trinajstić information content (AvgIpc) is 2.79. The number of nitrogens with zero attached hydrogens (tertiary/aromatic N) is 2. The van der Waals surface area contributed by atoms with Crippen LogP contribution in [0, 0.1) is 12.8 Å². The third kappa shape index (κ3) is 3.56. The zero-order valence-electron chi connectivity index (χ0n) is 11.9. The number of rotatable bonds is 4. The number of carbonyl (C=O) groups is 1. The second-order valence-electron chi connectivity index (χ2n) is 4.91. The maximum atomic E-state index is 12.6. The van der Waals surface area contributed by atoms with Crippen LogP contribution in [0.5, 0.6) is 0 Å². The minimum absolute atomic E-state index is 0.00608. The molecule has 0 radical (unpaired) electrons. The van der Waals surface area contributed by atoms with Gasteiger partial charge in [0.1, 0.15) is 0 Å². The molecule has 1 fully saturated rings. The van der Waals surface area contributed by atoms with Gasteiger partial charge in [-0.05, 0) is 26.7 Å². The van der Waals surface area contributed by atoms with E-state index in [1.54, 1.807) is 6.92 Å². The highest BCUT2D eigenvalue weighted by Crippen LogP contribution is 2.31. The topological polar surface area (TPSA) is 79.4 Å². The fourth-order valence-corrected chi connectivity index (χ4v) is 5.73. The van der Waals surface area contributed by atoms with Crippen LogP contribution in [0.1, 0.15) is 25.5 Å². The molecule has 1 aromatic rings. The molecule has 0 saturated carbocycles. The third-order valence-electron chi connectivity index (χ3n) is 3.48. The standard InChI is InChI=1S/C12H18ClN3O3S2/c1-3-14-10(17)9-4-6-16(7-5-9)21(18,19)11-8(2)15-12(13)20-11/h9H,3-7H2,1-2H3,(H,14,17). The molecular weight excluding hydrogens is 334 g/mol. The minimum atomic E-state index is -3.56. The number of hydrogen-bond donors (Lipinski definition) is 1. The molecule has 9 heteroatoms. The molecule has 0 bridgehead atoms. The van der Waals surface area contributed by atoms with Gasteiger partial charge in [0.25, 0.3) is 10.0 Å².